The zero-order chi connectivity index (χ0) is 8.55. The number of rotatable bonds is 3. The van der Waals surface area contributed by atoms with Crippen LogP contribution in [0, 0.1) is 12.8 Å². The Balaban J connectivity index is 2.02. The van der Waals surface area contributed by atoms with Gasteiger partial charge in [0.15, 0.2) is 0 Å². The summed E-state index contributed by atoms with van der Waals surface area (Å²) < 4.78 is 0. The van der Waals surface area contributed by atoms with Crippen LogP contribution >= 0.6 is 11.3 Å². The SMILES string of the molecule is Cc1ccsc1[C@@H](N)CC1CC1. The zero-order valence-electron chi connectivity index (χ0n) is 7.42. The first-order chi connectivity index (χ1) is 5.77. The minimum absolute atomic E-state index is 0.303. The molecule has 1 aliphatic carbocycles. The lowest BCUT2D eigenvalue weighted by molar-refractivity contribution is 0.603. The van der Waals surface area contributed by atoms with E-state index in [1.807, 2.05) is 0 Å². The van der Waals surface area contributed by atoms with E-state index >= 15 is 0 Å². The lowest BCUT2D eigenvalue weighted by Crippen LogP contribution is -2.10. The second-order valence-electron chi connectivity index (χ2n) is 3.75. The maximum atomic E-state index is 6.09. The van der Waals surface area contributed by atoms with Crippen LogP contribution in [0.4, 0.5) is 0 Å². The third-order valence-electron chi connectivity index (χ3n) is 2.52. The predicted octanol–water partition coefficient (Wildman–Crippen LogP) is 2.86. The predicted molar refractivity (Wildman–Crippen MR) is 53.3 cm³/mol. The molecule has 0 radical (unpaired) electrons. The normalized spacial score (nSPS) is 19.5. The van der Waals surface area contributed by atoms with Gasteiger partial charge in [-0.05, 0) is 36.3 Å². The molecule has 1 nitrogen and oxygen atoms in total. The Morgan fingerprint density at radius 3 is 2.92 bits per heavy atom. The van der Waals surface area contributed by atoms with E-state index in [9.17, 15) is 0 Å². The van der Waals surface area contributed by atoms with E-state index < -0.39 is 0 Å². The summed E-state index contributed by atoms with van der Waals surface area (Å²) in [7, 11) is 0. The number of aryl methyl sites for hydroxylation is 1. The van der Waals surface area contributed by atoms with E-state index in [1.54, 1.807) is 11.3 Å². The van der Waals surface area contributed by atoms with Gasteiger partial charge in [0.2, 0.25) is 0 Å². The molecule has 0 spiro atoms. The fourth-order valence-electron chi connectivity index (χ4n) is 1.58. The zero-order valence-corrected chi connectivity index (χ0v) is 8.23. The van der Waals surface area contributed by atoms with Gasteiger partial charge in [-0.25, -0.2) is 0 Å². The second kappa shape index (κ2) is 3.19. The van der Waals surface area contributed by atoms with Crippen LogP contribution in [0.5, 0.6) is 0 Å². The largest absolute Gasteiger partial charge is 0.323 e. The van der Waals surface area contributed by atoms with Gasteiger partial charge in [0.25, 0.3) is 0 Å². The molecule has 0 unspecified atom stereocenters. The summed E-state index contributed by atoms with van der Waals surface area (Å²) in [4.78, 5) is 1.39. The fraction of sp³-hybridized carbons (Fsp3) is 0.600. The maximum Gasteiger partial charge on any atom is 0.0395 e. The number of hydrogen-bond donors (Lipinski definition) is 1. The summed E-state index contributed by atoms with van der Waals surface area (Å²) in [5.41, 5.74) is 7.46. The third kappa shape index (κ3) is 1.70. The van der Waals surface area contributed by atoms with E-state index in [0.717, 1.165) is 5.92 Å². The summed E-state index contributed by atoms with van der Waals surface area (Å²) in [5, 5.41) is 2.14. The van der Waals surface area contributed by atoms with Gasteiger partial charge in [-0.15, -0.1) is 11.3 Å². The maximum absolute atomic E-state index is 6.09. The van der Waals surface area contributed by atoms with Crippen LogP contribution in [0.1, 0.15) is 35.7 Å². The van der Waals surface area contributed by atoms with Crippen molar-refractivity contribution >= 4 is 11.3 Å². The molecular weight excluding hydrogens is 166 g/mol. The molecule has 2 rings (SSSR count). The molecule has 1 aromatic heterocycles. The Kier molecular flexibility index (Phi) is 2.20. The fourth-order valence-corrected chi connectivity index (χ4v) is 2.53. The molecule has 12 heavy (non-hydrogen) atoms. The van der Waals surface area contributed by atoms with E-state index in [-0.39, 0.29) is 0 Å². The van der Waals surface area contributed by atoms with Crippen molar-refractivity contribution in [3.63, 3.8) is 0 Å². The molecule has 1 aromatic rings. The topological polar surface area (TPSA) is 26.0 Å². The van der Waals surface area contributed by atoms with Crippen molar-refractivity contribution in [2.75, 3.05) is 0 Å². The van der Waals surface area contributed by atoms with E-state index in [2.05, 4.69) is 18.4 Å². The first-order valence-corrected chi connectivity index (χ1v) is 5.45. The monoisotopic (exact) mass is 181 g/mol. The Bertz CT molecular complexity index is 263. The van der Waals surface area contributed by atoms with Gasteiger partial charge in [0.1, 0.15) is 0 Å². The van der Waals surface area contributed by atoms with E-state index in [4.69, 9.17) is 5.73 Å². The third-order valence-corrected chi connectivity index (χ3v) is 3.67. The molecule has 1 aliphatic rings. The molecule has 0 aliphatic heterocycles. The van der Waals surface area contributed by atoms with Crippen molar-refractivity contribution in [2.45, 2.75) is 32.2 Å². The lowest BCUT2D eigenvalue weighted by Gasteiger charge is -2.09. The molecule has 0 aromatic carbocycles. The molecule has 1 atom stereocenters. The second-order valence-corrected chi connectivity index (χ2v) is 4.70. The Labute approximate surface area is 77.6 Å². The molecule has 66 valence electrons. The summed E-state index contributed by atoms with van der Waals surface area (Å²) >= 11 is 1.80. The Morgan fingerprint density at radius 2 is 2.42 bits per heavy atom. The van der Waals surface area contributed by atoms with Crippen LogP contribution in [-0.2, 0) is 0 Å². The molecule has 0 amide bonds. The van der Waals surface area contributed by atoms with Crippen LogP contribution in [0.15, 0.2) is 11.4 Å². The van der Waals surface area contributed by atoms with Crippen molar-refractivity contribution in [3.05, 3.63) is 21.9 Å². The van der Waals surface area contributed by atoms with Gasteiger partial charge in [-0.3, -0.25) is 0 Å². The lowest BCUT2D eigenvalue weighted by atomic mass is 10.1. The van der Waals surface area contributed by atoms with Gasteiger partial charge >= 0.3 is 0 Å². The van der Waals surface area contributed by atoms with Crippen LogP contribution < -0.4 is 5.73 Å². The van der Waals surface area contributed by atoms with Crippen LogP contribution in [-0.4, -0.2) is 0 Å². The highest BCUT2D eigenvalue weighted by Crippen LogP contribution is 2.38. The summed E-state index contributed by atoms with van der Waals surface area (Å²) in [6.07, 6.45) is 4.00. The highest BCUT2D eigenvalue weighted by atomic mass is 32.1. The van der Waals surface area contributed by atoms with Crippen molar-refractivity contribution in [3.8, 4) is 0 Å². The smallest absolute Gasteiger partial charge is 0.0395 e. The van der Waals surface area contributed by atoms with Gasteiger partial charge in [-0.2, -0.15) is 0 Å². The minimum Gasteiger partial charge on any atom is -0.323 e. The molecule has 0 bridgehead atoms. The molecule has 0 saturated heterocycles. The quantitative estimate of drug-likeness (QED) is 0.762. The summed E-state index contributed by atoms with van der Waals surface area (Å²) in [6, 6.07) is 2.46. The van der Waals surface area contributed by atoms with Gasteiger partial charge in [0.05, 0.1) is 0 Å². The van der Waals surface area contributed by atoms with Gasteiger partial charge in [-0.1, -0.05) is 12.8 Å². The van der Waals surface area contributed by atoms with E-state index in [0.29, 0.717) is 6.04 Å². The summed E-state index contributed by atoms with van der Waals surface area (Å²) in [5.74, 6) is 0.932. The van der Waals surface area contributed by atoms with Gasteiger partial charge < -0.3 is 5.73 Å². The number of thiophene rings is 1. The van der Waals surface area contributed by atoms with Crippen molar-refractivity contribution < 1.29 is 0 Å². The Hall–Kier alpha value is -0.340. The molecule has 1 fully saturated rings. The van der Waals surface area contributed by atoms with Crippen molar-refractivity contribution in [1.82, 2.24) is 0 Å². The molecule has 1 saturated carbocycles. The van der Waals surface area contributed by atoms with E-state index in [1.165, 1.54) is 29.7 Å². The highest BCUT2D eigenvalue weighted by Gasteiger charge is 2.25. The van der Waals surface area contributed by atoms with Crippen molar-refractivity contribution in [2.24, 2.45) is 11.7 Å². The van der Waals surface area contributed by atoms with Crippen LogP contribution in [0.25, 0.3) is 0 Å². The molecule has 2 N–H and O–H groups in total. The highest BCUT2D eigenvalue weighted by molar-refractivity contribution is 7.10. The first-order valence-electron chi connectivity index (χ1n) is 4.57. The standard InChI is InChI=1S/C10H15NS/c1-7-4-5-12-10(7)9(11)6-8-2-3-8/h4-5,8-9H,2-3,6,11H2,1H3/t9-/m0/s1. The number of nitrogens with two attached hydrogens (primary N) is 1. The van der Waals surface area contributed by atoms with Gasteiger partial charge in [0, 0.05) is 10.9 Å². The van der Waals surface area contributed by atoms with Crippen LogP contribution in [0.3, 0.4) is 0 Å². The molecule has 2 heteroatoms. The first kappa shape index (κ1) is 8.27. The summed E-state index contributed by atoms with van der Waals surface area (Å²) in [6.45, 7) is 2.15. The Morgan fingerprint density at radius 1 is 1.67 bits per heavy atom. The minimum atomic E-state index is 0.303. The molecule has 1 heterocycles. The number of hydrogen-bond acceptors (Lipinski definition) is 2. The average Bonchev–Trinajstić information content (AvgIpc) is 2.72. The molecular formula is C10H15NS. The average molecular weight is 181 g/mol. The van der Waals surface area contributed by atoms with Crippen molar-refractivity contribution in [1.29, 1.82) is 0 Å². The van der Waals surface area contributed by atoms with Crippen LogP contribution in [0.2, 0.25) is 0 Å².